The normalized spacial score (nSPS) is 11.5. The van der Waals surface area contributed by atoms with Crippen LogP contribution in [0.2, 0.25) is 0 Å². The Morgan fingerprint density at radius 2 is 1.73 bits per heavy atom. The van der Waals surface area contributed by atoms with Gasteiger partial charge in [0.25, 0.3) is 5.91 Å². The van der Waals surface area contributed by atoms with Crippen LogP contribution in [-0.4, -0.2) is 50.1 Å². The molecule has 0 aliphatic heterocycles. The lowest BCUT2D eigenvalue weighted by Crippen LogP contribution is -2.32. The number of carbonyl (C=O) groups excluding carboxylic acids is 2. The summed E-state index contributed by atoms with van der Waals surface area (Å²) in [5, 5.41) is 9.41. The van der Waals surface area contributed by atoms with Crippen molar-refractivity contribution in [2.75, 3.05) is 5.75 Å². The van der Waals surface area contributed by atoms with E-state index in [1.807, 2.05) is 0 Å². The lowest BCUT2D eigenvalue weighted by molar-refractivity contribution is -0.141. The van der Waals surface area contributed by atoms with E-state index in [0.29, 0.717) is 17.3 Å². The molecule has 0 aliphatic carbocycles. The lowest BCUT2D eigenvalue weighted by Gasteiger charge is -2.12. The summed E-state index contributed by atoms with van der Waals surface area (Å²) in [7, 11) is 0. The van der Waals surface area contributed by atoms with E-state index in [0.717, 1.165) is 16.7 Å². The van der Waals surface area contributed by atoms with Gasteiger partial charge in [0.2, 0.25) is 5.91 Å². The average Bonchev–Trinajstić information content (AvgIpc) is 3.13. The number of ether oxygens (including phenoxy) is 1. The van der Waals surface area contributed by atoms with Crippen molar-refractivity contribution in [3.05, 3.63) is 54.4 Å². The monoisotopic (exact) mass is 487 g/mol. The van der Waals surface area contributed by atoms with Gasteiger partial charge < -0.3 is 4.74 Å². The van der Waals surface area contributed by atoms with Crippen LogP contribution in [-0.2, 0) is 11.3 Å². The van der Waals surface area contributed by atoms with Gasteiger partial charge in [-0.3, -0.25) is 24.5 Å². The molecule has 1 aromatic carbocycles. The molecule has 0 unspecified atom stereocenters. The van der Waals surface area contributed by atoms with E-state index >= 15 is 0 Å². The Balaban J connectivity index is 1.66. The number of halogens is 5. The quantitative estimate of drug-likeness (QED) is 0.383. The Morgan fingerprint density at radius 1 is 1.06 bits per heavy atom. The van der Waals surface area contributed by atoms with Gasteiger partial charge in [0.1, 0.15) is 12.3 Å². The molecule has 0 bridgehead atoms. The van der Waals surface area contributed by atoms with Crippen molar-refractivity contribution in [1.29, 1.82) is 0 Å². The molecule has 0 saturated heterocycles. The minimum atomic E-state index is -4.57. The zero-order valence-corrected chi connectivity index (χ0v) is 17.2. The number of carbonyl (C=O) groups is 2. The predicted octanol–water partition coefficient (Wildman–Crippen LogP) is 3.55. The van der Waals surface area contributed by atoms with Crippen molar-refractivity contribution in [3.63, 3.8) is 0 Å². The maximum Gasteiger partial charge on any atom is 0.406 e. The fraction of sp³-hybridized carbons (Fsp3) is 0.211. The largest absolute Gasteiger partial charge is 0.435 e. The standard InChI is InChI=1S/C19H14F5N5O3S/c20-17(21)32-13-3-1-12(2-4-13)16(31)26-14(30)9-33-18-28-27-15(11-5-7-25-8-6-11)29(18)10-19(22,23)24/h1-8,17H,9-10H2,(H,26,30,31). The van der Waals surface area contributed by atoms with Crippen LogP contribution in [0.25, 0.3) is 11.4 Å². The molecule has 33 heavy (non-hydrogen) atoms. The van der Waals surface area contributed by atoms with Crippen LogP contribution in [0.4, 0.5) is 22.0 Å². The molecule has 0 atom stereocenters. The van der Waals surface area contributed by atoms with Crippen molar-refractivity contribution >= 4 is 23.6 Å². The highest BCUT2D eigenvalue weighted by molar-refractivity contribution is 7.99. The summed E-state index contributed by atoms with van der Waals surface area (Å²) in [6, 6.07) is 7.53. The van der Waals surface area contributed by atoms with Crippen LogP contribution in [0, 0.1) is 0 Å². The maximum atomic E-state index is 13.1. The van der Waals surface area contributed by atoms with E-state index in [-0.39, 0.29) is 22.3 Å². The summed E-state index contributed by atoms with van der Waals surface area (Å²) in [5.74, 6) is -2.27. The van der Waals surface area contributed by atoms with Gasteiger partial charge in [0, 0.05) is 23.5 Å². The molecule has 174 valence electrons. The highest BCUT2D eigenvalue weighted by Crippen LogP contribution is 2.28. The van der Waals surface area contributed by atoms with Crippen molar-refractivity contribution in [2.24, 2.45) is 0 Å². The highest BCUT2D eigenvalue weighted by atomic mass is 32.2. The maximum absolute atomic E-state index is 13.1. The molecule has 2 amide bonds. The van der Waals surface area contributed by atoms with Gasteiger partial charge >= 0.3 is 12.8 Å². The SMILES string of the molecule is O=C(CSc1nnc(-c2ccncc2)n1CC(F)(F)F)NC(=O)c1ccc(OC(F)F)cc1. The van der Waals surface area contributed by atoms with Crippen LogP contribution < -0.4 is 10.1 Å². The van der Waals surface area contributed by atoms with E-state index < -0.39 is 36.9 Å². The molecule has 2 heterocycles. The van der Waals surface area contributed by atoms with Crippen molar-refractivity contribution < 1.29 is 36.3 Å². The van der Waals surface area contributed by atoms with E-state index in [9.17, 15) is 31.5 Å². The zero-order valence-electron chi connectivity index (χ0n) is 16.4. The van der Waals surface area contributed by atoms with Gasteiger partial charge in [0.15, 0.2) is 11.0 Å². The number of amides is 2. The fourth-order valence-corrected chi connectivity index (χ4v) is 3.32. The Morgan fingerprint density at radius 3 is 2.33 bits per heavy atom. The summed E-state index contributed by atoms with van der Waals surface area (Å²) in [6.45, 7) is -4.41. The first-order valence-electron chi connectivity index (χ1n) is 9.04. The third-order valence-electron chi connectivity index (χ3n) is 3.92. The Hall–Kier alpha value is -3.55. The van der Waals surface area contributed by atoms with Gasteiger partial charge in [-0.25, -0.2) is 0 Å². The molecule has 0 fully saturated rings. The third kappa shape index (κ3) is 6.97. The first-order valence-corrected chi connectivity index (χ1v) is 10.0. The summed E-state index contributed by atoms with van der Waals surface area (Å²) in [4.78, 5) is 28.0. The van der Waals surface area contributed by atoms with Crippen LogP contribution in [0.1, 0.15) is 10.4 Å². The van der Waals surface area contributed by atoms with Gasteiger partial charge in [-0.1, -0.05) is 11.8 Å². The first-order chi connectivity index (χ1) is 15.6. The van der Waals surface area contributed by atoms with E-state index in [4.69, 9.17) is 0 Å². The molecule has 2 aromatic heterocycles. The molecular weight excluding hydrogens is 473 g/mol. The molecule has 0 radical (unpaired) electrons. The minimum absolute atomic E-state index is 0.00446. The van der Waals surface area contributed by atoms with Crippen LogP contribution >= 0.6 is 11.8 Å². The molecule has 3 rings (SSSR count). The van der Waals surface area contributed by atoms with Gasteiger partial charge in [-0.15, -0.1) is 10.2 Å². The Labute approximate surface area is 187 Å². The smallest absolute Gasteiger partial charge is 0.406 e. The van der Waals surface area contributed by atoms with E-state index in [2.05, 4.69) is 25.2 Å². The lowest BCUT2D eigenvalue weighted by atomic mass is 10.2. The number of hydrogen-bond acceptors (Lipinski definition) is 7. The van der Waals surface area contributed by atoms with Crippen molar-refractivity contribution in [2.45, 2.75) is 24.5 Å². The molecule has 0 saturated carbocycles. The molecule has 3 aromatic rings. The number of alkyl halides is 5. The number of hydrogen-bond donors (Lipinski definition) is 1. The number of rotatable bonds is 8. The summed E-state index contributed by atoms with van der Waals surface area (Å²) in [6.07, 6.45) is -1.79. The molecular formula is C19H14F5N5O3S. The van der Waals surface area contributed by atoms with Crippen molar-refractivity contribution in [1.82, 2.24) is 25.1 Å². The number of aromatic nitrogens is 4. The Bertz CT molecular complexity index is 1110. The van der Waals surface area contributed by atoms with E-state index in [1.54, 1.807) is 0 Å². The number of benzene rings is 1. The van der Waals surface area contributed by atoms with Crippen LogP contribution in [0.15, 0.2) is 53.9 Å². The number of nitrogens with zero attached hydrogens (tertiary/aromatic N) is 4. The highest BCUT2D eigenvalue weighted by Gasteiger charge is 2.31. The minimum Gasteiger partial charge on any atom is -0.435 e. The predicted molar refractivity (Wildman–Crippen MR) is 106 cm³/mol. The molecule has 1 N–H and O–H groups in total. The second kappa shape index (κ2) is 10.4. The summed E-state index contributed by atoms with van der Waals surface area (Å²) >= 11 is 0.664. The fourth-order valence-electron chi connectivity index (χ4n) is 2.58. The summed E-state index contributed by atoms with van der Waals surface area (Å²) < 4.78 is 68.6. The average molecular weight is 487 g/mol. The molecule has 8 nitrogen and oxygen atoms in total. The number of imide groups is 1. The van der Waals surface area contributed by atoms with Gasteiger partial charge in [-0.2, -0.15) is 22.0 Å². The van der Waals surface area contributed by atoms with Crippen LogP contribution in [0.5, 0.6) is 5.75 Å². The second-order valence-corrected chi connectivity index (χ2v) is 7.25. The van der Waals surface area contributed by atoms with Crippen LogP contribution in [0.3, 0.4) is 0 Å². The van der Waals surface area contributed by atoms with Gasteiger partial charge in [-0.05, 0) is 36.4 Å². The van der Waals surface area contributed by atoms with Crippen molar-refractivity contribution in [3.8, 4) is 17.1 Å². The molecule has 0 spiro atoms. The first kappa shape index (κ1) is 24.1. The number of pyridine rings is 1. The molecule has 14 heteroatoms. The summed E-state index contributed by atoms with van der Waals surface area (Å²) in [5.41, 5.74) is 0.350. The number of thioether (sulfide) groups is 1. The Kier molecular flexibility index (Phi) is 7.58. The van der Waals surface area contributed by atoms with E-state index in [1.165, 1.54) is 36.7 Å². The van der Waals surface area contributed by atoms with Gasteiger partial charge in [0.05, 0.1) is 5.75 Å². The molecule has 0 aliphatic rings. The topological polar surface area (TPSA) is 99.0 Å². The third-order valence-corrected chi connectivity index (χ3v) is 4.89. The zero-order chi connectivity index (χ0) is 24.0. The number of nitrogens with one attached hydrogen (secondary N) is 1. The second-order valence-electron chi connectivity index (χ2n) is 6.31.